The van der Waals surface area contributed by atoms with Crippen LogP contribution in [0.4, 0.5) is 21.6 Å². The van der Waals surface area contributed by atoms with E-state index in [4.69, 9.17) is 0 Å². The van der Waals surface area contributed by atoms with Crippen molar-refractivity contribution in [3.63, 3.8) is 0 Å². The number of fused-ring (bicyclic) bond motifs is 1. The molecule has 5 rings (SSSR count). The van der Waals surface area contributed by atoms with Gasteiger partial charge in [0.1, 0.15) is 12.4 Å². The lowest BCUT2D eigenvalue weighted by Gasteiger charge is -2.37. The molecule has 3 heterocycles. The van der Waals surface area contributed by atoms with Gasteiger partial charge < -0.3 is 15.1 Å². The maximum atomic E-state index is 13.8. The Hall–Kier alpha value is -4.21. The summed E-state index contributed by atoms with van der Waals surface area (Å²) in [6, 6.07) is 12.8. The smallest absolute Gasteiger partial charge is 0.350 e. The Balaban J connectivity index is 1.33. The maximum Gasteiger partial charge on any atom is 0.350 e. The van der Waals surface area contributed by atoms with Gasteiger partial charge in [0, 0.05) is 49.9 Å². The van der Waals surface area contributed by atoms with E-state index in [-0.39, 0.29) is 6.54 Å². The van der Waals surface area contributed by atoms with E-state index in [1.165, 1.54) is 21.7 Å². The highest BCUT2D eigenvalue weighted by Gasteiger charge is 2.23. The number of nitrogens with zero attached hydrogens (tertiary/aromatic N) is 6. The number of aromatic nitrogens is 4. The fourth-order valence-corrected chi connectivity index (χ4v) is 4.35. The van der Waals surface area contributed by atoms with Gasteiger partial charge in [0.05, 0.1) is 0 Å². The van der Waals surface area contributed by atoms with Crippen LogP contribution in [0.5, 0.6) is 0 Å². The van der Waals surface area contributed by atoms with E-state index < -0.39 is 17.4 Å². The molecule has 35 heavy (non-hydrogen) atoms. The van der Waals surface area contributed by atoms with Crippen LogP contribution in [0.25, 0.3) is 5.65 Å². The lowest BCUT2D eigenvalue weighted by Crippen LogP contribution is -2.47. The van der Waals surface area contributed by atoms with Crippen molar-refractivity contribution >= 4 is 28.7 Å². The molecule has 1 amide bonds. The van der Waals surface area contributed by atoms with Crippen molar-refractivity contribution in [3.8, 4) is 0 Å². The summed E-state index contributed by atoms with van der Waals surface area (Å²) in [4.78, 5) is 34.4. The largest absolute Gasteiger partial charge is 0.368 e. The zero-order valence-corrected chi connectivity index (χ0v) is 19.6. The van der Waals surface area contributed by atoms with Gasteiger partial charge in [-0.2, -0.15) is 0 Å². The summed E-state index contributed by atoms with van der Waals surface area (Å²) in [5, 5.41) is 7.02. The molecule has 0 spiro atoms. The summed E-state index contributed by atoms with van der Waals surface area (Å²) < 4.78 is 16.3. The Kier molecular flexibility index (Phi) is 5.94. The lowest BCUT2D eigenvalue weighted by molar-refractivity contribution is -0.117. The van der Waals surface area contributed by atoms with E-state index >= 15 is 0 Å². The van der Waals surface area contributed by atoms with Gasteiger partial charge in [-0.15, -0.1) is 5.10 Å². The van der Waals surface area contributed by atoms with Crippen LogP contribution in [0, 0.1) is 19.7 Å². The third-order valence-corrected chi connectivity index (χ3v) is 6.27. The number of aryl methyl sites for hydroxylation is 2. The molecule has 1 saturated heterocycles. The van der Waals surface area contributed by atoms with E-state index in [0.717, 1.165) is 30.9 Å². The molecule has 0 atom stereocenters. The predicted octanol–water partition coefficient (Wildman–Crippen LogP) is 2.61. The van der Waals surface area contributed by atoms with E-state index in [9.17, 15) is 14.0 Å². The number of carbonyl (C=O) groups excluding carboxylic acids is 1. The van der Waals surface area contributed by atoms with Gasteiger partial charge in [-0.3, -0.25) is 4.79 Å². The molecule has 1 aliphatic heterocycles. The van der Waals surface area contributed by atoms with Crippen LogP contribution in [0.2, 0.25) is 0 Å². The minimum absolute atomic E-state index is 0.295. The third kappa shape index (κ3) is 4.46. The Bertz CT molecular complexity index is 1450. The molecule has 4 aromatic rings. The van der Waals surface area contributed by atoms with Crippen LogP contribution < -0.4 is 20.8 Å². The summed E-state index contributed by atoms with van der Waals surface area (Å²) in [6.07, 6.45) is 3.11. The van der Waals surface area contributed by atoms with Crippen molar-refractivity contribution in [2.75, 3.05) is 41.3 Å². The third-order valence-electron chi connectivity index (χ3n) is 6.27. The van der Waals surface area contributed by atoms with Gasteiger partial charge in [-0.25, -0.2) is 23.3 Å². The zero-order valence-electron chi connectivity index (χ0n) is 19.6. The second-order valence-electron chi connectivity index (χ2n) is 8.66. The van der Waals surface area contributed by atoms with Crippen LogP contribution in [0.1, 0.15) is 11.1 Å². The van der Waals surface area contributed by atoms with E-state index in [0.29, 0.717) is 22.7 Å². The number of hydrogen-bond acceptors (Lipinski definition) is 6. The van der Waals surface area contributed by atoms with Crippen molar-refractivity contribution < 1.29 is 9.18 Å². The molecule has 0 unspecified atom stereocenters. The van der Waals surface area contributed by atoms with Crippen LogP contribution >= 0.6 is 0 Å². The Labute approximate surface area is 201 Å². The number of carbonyl (C=O) groups is 1. The average Bonchev–Trinajstić information content (AvgIpc) is 3.17. The molecule has 1 fully saturated rings. The number of anilines is 3. The monoisotopic (exact) mass is 475 g/mol. The molecule has 0 saturated carbocycles. The first kappa shape index (κ1) is 22.6. The summed E-state index contributed by atoms with van der Waals surface area (Å²) in [5.74, 6) is -0.278. The van der Waals surface area contributed by atoms with Gasteiger partial charge in [0.15, 0.2) is 5.82 Å². The van der Waals surface area contributed by atoms with Crippen molar-refractivity contribution in [1.29, 1.82) is 0 Å². The Morgan fingerprint density at radius 1 is 1.03 bits per heavy atom. The van der Waals surface area contributed by atoms with E-state index in [1.807, 2.05) is 12.1 Å². The van der Waals surface area contributed by atoms with Crippen molar-refractivity contribution in [3.05, 3.63) is 82.3 Å². The van der Waals surface area contributed by atoms with Crippen molar-refractivity contribution in [2.24, 2.45) is 0 Å². The standard InChI is InChI=1S/C25H26FN7O2/c1-17-7-8-19(15-20(17)26)28-22(34)16-33-25(35)32-10-9-27-23(24(32)29-33)31-13-11-30(12-14-31)21-6-4-3-5-18(21)2/h3-10,15H,11-14,16H2,1-2H3,(H,28,34). The van der Waals surface area contributed by atoms with Crippen molar-refractivity contribution in [1.82, 2.24) is 19.2 Å². The molecule has 2 aromatic heterocycles. The molecular weight excluding hydrogens is 449 g/mol. The number of halogens is 1. The highest BCUT2D eigenvalue weighted by Crippen LogP contribution is 2.23. The lowest BCUT2D eigenvalue weighted by atomic mass is 10.1. The molecule has 0 aliphatic carbocycles. The highest BCUT2D eigenvalue weighted by atomic mass is 19.1. The molecule has 0 bridgehead atoms. The molecule has 0 radical (unpaired) electrons. The van der Waals surface area contributed by atoms with Gasteiger partial charge in [0.25, 0.3) is 0 Å². The quantitative estimate of drug-likeness (QED) is 0.478. The van der Waals surface area contributed by atoms with Gasteiger partial charge in [-0.05, 0) is 43.2 Å². The topological polar surface area (TPSA) is 87.8 Å². The molecule has 1 aliphatic rings. The number of benzene rings is 2. The van der Waals surface area contributed by atoms with Crippen LogP contribution in [0.15, 0.2) is 59.7 Å². The number of amides is 1. The molecule has 9 nitrogen and oxygen atoms in total. The minimum Gasteiger partial charge on any atom is -0.368 e. The second kappa shape index (κ2) is 9.21. The zero-order chi connectivity index (χ0) is 24.5. The maximum absolute atomic E-state index is 13.8. The van der Waals surface area contributed by atoms with Gasteiger partial charge >= 0.3 is 5.69 Å². The summed E-state index contributed by atoms with van der Waals surface area (Å²) >= 11 is 0. The fourth-order valence-electron chi connectivity index (χ4n) is 4.35. The minimum atomic E-state index is -0.472. The van der Waals surface area contributed by atoms with E-state index in [2.05, 4.69) is 44.3 Å². The highest BCUT2D eigenvalue weighted by molar-refractivity contribution is 5.90. The van der Waals surface area contributed by atoms with Gasteiger partial charge in [0.2, 0.25) is 11.6 Å². The SMILES string of the molecule is Cc1ccc(NC(=O)Cn2nc3c(N4CCN(c5ccccc5C)CC4)nccn3c2=O)cc1F. The van der Waals surface area contributed by atoms with E-state index in [1.54, 1.807) is 31.5 Å². The number of hydrogen-bond donors (Lipinski definition) is 1. The first-order chi connectivity index (χ1) is 16.9. The van der Waals surface area contributed by atoms with Crippen LogP contribution in [0.3, 0.4) is 0 Å². The number of piperazine rings is 1. The molecule has 180 valence electrons. The summed E-state index contributed by atoms with van der Waals surface area (Å²) in [5.41, 5.74) is 3.22. The predicted molar refractivity (Wildman–Crippen MR) is 133 cm³/mol. The fraction of sp³-hybridized carbons (Fsp3) is 0.280. The molecule has 10 heteroatoms. The molecule has 2 aromatic carbocycles. The number of nitrogens with one attached hydrogen (secondary N) is 1. The van der Waals surface area contributed by atoms with Gasteiger partial charge in [-0.1, -0.05) is 24.3 Å². The Morgan fingerprint density at radius 2 is 1.77 bits per heavy atom. The second-order valence-corrected chi connectivity index (χ2v) is 8.66. The molecular formula is C25H26FN7O2. The molecule has 1 N–H and O–H groups in total. The van der Waals surface area contributed by atoms with Crippen molar-refractivity contribution in [2.45, 2.75) is 20.4 Å². The summed E-state index contributed by atoms with van der Waals surface area (Å²) in [7, 11) is 0. The average molecular weight is 476 g/mol. The first-order valence-corrected chi connectivity index (χ1v) is 11.5. The number of para-hydroxylation sites is 1. The number of rotatable bonds is 5. The van der Waals surface area contributed by atoms with Crippen LogP contribution in [-0.4, -0.2) is 51.3 Å². The first-order valence-electron chi connectivity index (χ1n) is 11.5. The Morgan fingerprint density at radius 3 is 2.51 bits per heavy atom. The van der Waals surface area contributed by atoms with Crippen LogP contribution in [-0.2, 0) is 11.3 Å². The normalized spacial score (nSPS) is 13.9. The summed E-state index contributed by atoms with van der Waals surface area (Å²) in [6.45, 7) is 6.53.